The number of allylic oxidation sites excluding steroid dienone is 2. The van der Waals surface area contributed by atoms with Gasteiger partial charge in [0, 0.05) is 11.6 Å². The minimum Gasteiger partial charge on any atom is -0.452 e. The van der Waals surface area contributed by atoms with Crippen LogP contribution in [0.4, 0.5) is 5.13 Å². The Morgan fingerprint density at radius 3 is 2.57 bits per heavy atom. The molecule has 5 atom stereocenters. The zero-order valence-corrected chi connectivity index (χ0v) is 17.0. The average molecular weight is 462 g/mol. The summed E-state index contributed by atoms with van der Waals surface area (Å²) in [6, 6.07) is 2.60. The summed E-state index contributed by atoms with van der Waals surface area (Å²) < 4.78 is 6.12. The van der Waals surface area contributed by atoms with Crippen molar-refractivity contribution in [3.05, 3.63) is 46.3 Å². The molecular formula is C19H16BrN3O4S. The van der Waals surface area contributed by atoms with Crippen molar-refractivity contribution in [2.75, 3.05) is 5.32 Å². The van der Waals surface area contributed by atoms with Gasteiger partial charge in [0.1, 0.15) is 11.8 Å². The van der Waals surface area contributed by atoms with Crippen LogP contribution in [0.2, 0.25) is 0 Å². The minimum atomic E-state index is -0.781. The molecule has 7 nitrogen and oxygen atoms in total. The standard InChI is InChI=1S/C19H16BrN3O4S/c20-13-4-3-12(27-13)11(8-14(24)22-19-21-5-6-28-19)23-17(25)15-9-1-2-10(7-9)16(15)18(23)26/h1-6,9-11,15-16H,7-8H2,(H,21,22,24). The van der Waals surface area contributed by atoms with Gasteiger partial charge < -0.3 is 9.73 Å². The molecule has 5 unspecified atom stereocenters. The minimum absolute atomic E-state index is 0.0841. The van der Waals surface area contributed by atoms with E-state index >= 15 is 0 Å². The lowest BCUT2D eigenvalue weighted by atomic mass is 9.85. The van der Waals surface area contributed by atoms with E-state index in [2.05, 4.69) is 26.2 Å². The molecule has 2 fully saturated rings. The monoisotopic (exact) mass is 461 g/mol. The van der Waals surface area contributed by atoms with E-state index in [-0.39, 0.29) is 47.8 Å². The van der Waals surface area contributed by atoms with Crippen LogP contribution in [-0.4, -0.2) is 27.6 Å². The van der Waals surface area contributed by atoms with Gasteiger partial charge in [0.2, 0.25) is 17.7 Å². The molecule has 3 amide bonds. The average Bonchev–Trinajstić information content (AvgIpc) is 3.45. The fourth-order valence-electron chi connectivity index (χ4n) is 4.69. The van der Waals surface area contributed by atoms with Crippen LogP contribution < -0.4 is 5.32 Å². The molecule has 2 bridgehead atoms. The maximum absolute atomic E-state index is 13.2. The highest BCUT2D eigenvalue weighted by Gasteiger charge is 2.60. The Hall–Kier alpha value is -2.26. The molecule has 144 valence electrons. The summed E-state index contributed by atoms with van der Waals surface area (Å²) in [4.78, 5) is 44.3. The van der Waals surface area contributed by atoms with Crippen LogP contribution in [0.5, 0.6) is 0 Å². The van der Waals surface area contributed by atoms with E-state index in [1.54, 1.807) is 23.7 Å². The van der Waals surface area contributed by atoms with Crippen molar-refractivity contribution < 1.29 is 18.8 Å². The largest absolute Gasteiger partial charge is 0.452 e. The van der Waals surface area contributed by atoms with E-state index in [0.717, 1.165) is 6.42 Å². The van der Waals surface area contributed by atoms with Gasteiger partial charge in [-0.05, 0) is 46.3 Å². The highest BCUT2D eigenvalue weighted by Crippen LogP contribution is 2.54. The lowest BCUT2D eigenvalue weighted by Gasteiger charge is -2.25. The fraction of sp³-hybridized carbons (Fsp3) is 0.368. The first-order valence-electron chi connectivity index (χ1n) is 9.02. The number of amides is 3. The number of carbonyl (C=O) groups is 3. The molecule has 9 heteroatoms. The molecule has 2 aromatic heterocycles. The molecule has 2 aromatic rings. The van der Waals surface area contributed by atoms with Crippen LogP contribution in [0.3, 0.4) is 0 Å². The summed E-state index contributed by atoms with van der Waals surface area (Å²) >= 11 is 4.56. The van der Waals surface area contributed by atoms with E-state index in [4.69, 9.17) is 4.42 Å². The van der Waals surface area contributed by atoms with Gasteiger partial charge in [0.05, 0.1) is 18.3 Å². The van der Waals surface area contributed by atoms with E-state index in [1.165, 1.54) is 16.2 Å². The first-order valence-corrected chi connectivity index (χ1v) is 10.7. The molecule has 1 saturated heterocycles. The second-order valence-electron chi connectivity index (χ2n) is 7.29. The SMILES string of the molecule is O=C(CC(c1ccc(Br)o1)N1C(=O)C2C3C=CC(C3)C2C1=O)Nc1nccs1. The van der Waals surface area contributed by atoms with Crippen molar-refractivity contribution in [1.82, 2.24) is 9.88 Å². The summed E-state index contributed by atoms with van der Waals surface area (Å²) in [5.74, 6) is -0.725. The number of nitrogens with zero attached hydrogens (tertiary/aromatic N) is 2. The van der Waals surface area contributed by atoms with Crippen LogP contribution >= 0.6 is 27.3 Å². The number of nitrogens with one attached hydrogen (secondary N) is 1. The second-order valence-corrected chi connectivity index (χ2v) is 8.97. The van der Waals surface area contributed by atoms with Gasteiger partial charge in [-0.3, -0.25) is 19.3 Å². The van der Waals surface area contributed by atoms with Crippen molar-refractivity contribution >= 4 is 50.1 Å². The molecule has 5 rings (SSSR count). The van der Waals surface area contributed by atoms with E-state index < -0.39 is 6.04 Å². The molecule has 1 aliphatic heterocycles. The summed E-state index contributed by atoms with van der Waals surface area (Å²) in [5.41, 5.74) is 0. The number of carbonyl (C=O) groups excluding carboxylic acids is 3. The van der Waals surface area contributed by atoms with Crippen LogP contribution in [0.25, 0.3) is 0 Å². The summed E-state index contributed by atoms with van der Waals surface area (Å²) in [7, 11) is 0. The molecule has 2 aliphatic carbocycles. The number of fused-ring (bicyclic) bond motifs is 5. The zero-order chi connectivity index (χ0) is 19.4. The Kier molecular flexibility index (Phi) is 4.24. The highest BCUT2D eigenvalue weighted by molar-refractivity contribution is 9.10. The van der Waals surface area contributed by atoms with Crippen LogP contribution in [0, 0.1) is 23.7 Å². The molecule has 0 radical (unpaired) electrons. The predicted octanol–water partition coefficient (Wildman–Crippen LogP) is 3.38. The number of halogens is 1. The fourth-order valence-corrected chi connectivity index (χ4v) is 5.55. The molecule has 0 aromatic carbocycles. The van der Waals surface area contributed by atoms with Gasteiger partial charge >= 0.3 is 0 Å². The van der Waals surface area contributed by atoms with Crippen LogP contribution in [0.15, 0.2) is 44.9 Å². The Morgan fingerprint density at radius 1 is 1.29 bits per heavy atom. The van der Waals surface area contributed by atoms with Crippen LogP contribution in [0.1, 0.15) is 24.6 Å². The Bertz CT molecular complexity index is 955. The Labute approximate surface area is 172 Å². The van der Waals surface area contributed by atoms with E-state index in [0.29, 0.717) is 15.6 Å². The van der Waals surface area contributed by atoms with E-state index in [9.17, 15) is 14.4 Å². The third-order valence-corrected chi connectivity index (χ3v) is 6.91. The number of rotatable bonds is 5. The lowest BCUT2D eigenvalue weighted by Crippen LogP contribution is -2.38. The topological polar surface area (TPSA) is 92.5 Å². The first-order chi connectivity index (χ1) is 13.5. The summed E-state index contributed by atoms with van der Waals surface area (Å²) in [6.45, 7) is 0. The first kappa shape index (κ1) is 17.8. The number of thiazole rings is 1. The summed E-state index contributed by atoms with van der Waals surface area (Å²) in [6.07, 6.45) is 6.47. The number of imide groups is 1. The molecule has 1 saturated carbocycles. The van der Waals surface area contributed by atoms with Crippen molar-refractivity contribution in [2.24, 2.45) is 23.7 Å². The van der Waals surface area contributed by atoms with Gasteiger partial charge in [-0.1, -0.05) is 12.2 Å². The number of aromatic nitrogens is 1. The smallest absolute Gasteiger partial charge is 0.234 e. The third kappa shape index (κ3) is 2.76. The second kappa shape index (κ2) is 6.66. The lowest BCUT2D eigenvalue weighted by molar-refractivity contribution is -0.144. The van der Waals surface area contributed by atoms with Crippen molar-refractivity contribution in [1.29, 1.82) is 0 Å². The van der Waals surface area contributed by atoms with Crippen molar-refractivity contribution in [3.63, 3.8) is 0 Å². The zero-order valence-electron chi connectivity index (χ0n) is 14.6. The highest BCUT2D eigenvalue weighted by atomic mass is 79.9. The van der Waals surface area contributed by atoms with Gasteiger partial charge in [0.25, 0.3) is 0 Å². The molecule has 28 heavy (non-hydrogen) atoms. The van der Waals surface area contributed by atoms with Crippen molar-refractivity contribution in [3.8, 4) is 0 Å². The number of anilines is 1. The maximum atomic E-state index is 13.2. The Morgan fingerprint density at radius 2 is 2.00 bits per heavy atom. The predicted molar refractivity (Wildman–Crippen MR) is 104 cm³/mol. The normalized spacial score (nSPS) is 28.8. The van der Waals surface area contributed by atoms with E-state index in [1.807, 2.05) is 12.2 Å². The van der Waals surface area contributed by atoms with Crippen molar-refractivity contribution in [2.45, 2.75) is 18.9 Å². The van der Waals surface area contributed by atoms with Crippen LogP contribution in [-0.2, 0) is 14.4 Å². The van der Waals surface area contributed by atoms with Gasteiger partial charge in [0.15, 0.2) is 9.80 Å². The molecule has 1 N–H and O–H groups in total. The molecular weight excluding hydrogens is 446 g/mol. The molecule has 3 aliphatic rings. The molecule has 3 heterocycles. The number of likely N-dealkylation sites (tertiary alicyclic amines) is 1. The Balaban J connectivity index is 1.44. The third-order valence-electron chi connectivity index (χ3n) is 5.80. The number of hydrogen-bond donors (Lipinski definition) is 1. The number of furan rings is 1. The quantitative estimate of drug-likeness (QED) is 0.544. The van der Waals surface area contributed by atoms with Gasteiger partial charge in [-0.25, -0.2) is 4.98 Å². The molecule has 0 spiro atoms. The summed E-state index contributed by atoms with van der Waals surface area (Å²) in [5, 5.41) is 4.95. The van der Waals surface area contributed by atoms with Gasteiger partial charge in [-0.15, -0.1) is 11.3 Å². The van der Waals surface area contributed by atoms with Gasteiger partial charge in [-0.2, -0.15) is 0 Å². The number of hydrogen-bond acceptors (Lipinski definition) is 6. The maximum Gasteiger partial charge on any atom is 0.234 e.